The van der Waals surface area contributed by atoms with Crippen molar-refractivity contribution in [2.75, 3.05) is 14.1 Å². The van der Waals surface area contributed by atoms with Crippen LogP contribution in [-0.4, -0.2) is 34.5 Å². The maximum Gasteiger partial charge on any atom is 0.262 e. The molecule has 1 amide bonds. The Balaban J connectivity index is 1.77. The maximum atomic E-state index is 12.3. The second-order valence-electron chi connectivity index (χ2n) is 5.58. The molecule has 0 unspecified atom stereocenters. The molecule has 0 aliphatic rings. The summed E-state index contributed by atoms with van der Waals surface area (Å²) in [6, 6.07) is 9.33. The Bertz CT molecular complexity index is 943. The van der Waals surface area contributed by atoms with Gasteiger partial charge in [0.25, 0.3) is 11.5 Å². The molecule has 0 aliphatic heterocycles. The fourth-order valence-corrected chi connectivity index (χ4v) is 3.99. The van der Waals surface area contributed by atoms with Gasteiger partial charge in [0, 0.05) is 32.5 Å². The van der Waals surface area contributed by atoms with E-state index in [2.05, 4.69) is 4.98 Å². The Kier molecular flexibility index (Phi) is 4.73. The summed E-state index contributed by atoms with van der Waals surface area (Å²) >= 11 is 2.99. The van der Waals surface area contributed by atoms with E-state index >= 15 is 0 Å². The maximum absolute atomic E-state index is 12.3. The van der Waals surface area contributed by atoms with Gasteiger partial charge in [-0.3, -0.25) is 14.2 Å². The van der Waals surface area contributed by atoms with Crippen molar-refractivity contribution in [2.24, 2.45) is 7.05 Å². The smallest absolute Gasteiger partial charge is 0.262 e. The standard InChI is InChI=1S/C17H17N3O2S2/c1-19(2)15(21)12-6-4-11(5-7-12)10-24-17-18-14-13(8-9-23-14)16(22)20(17)3/h4-9H,10H2,1-3H3. The van der Waals surface area contributed by atoms with Crippen LogP contribution in [0.1, 0.15) is 15.9 Å². The van der Waals surface area contributed by atoms with Crippen molar-refractivity contribution in [1.29, 1.82) is 0 Å². The molecule has 3 aromatic rings. The van der Waals surface area contributed by atoms with Crippen LogP contribution in [0.3, 0.4) is 0 Å². The molecule has 0 N–H and O–H groups in total. The minimum atomic E-state index is -0.0179. The number of hydrogen-bond acceptors (Lipinski definition) is 5. The molecule has 5 nitrogen and oxygen atoms in total. The fourth-order valence-electron chi connectivity index (χ4n) is 2.26. The monoisotopic (exact) mass is 359 g/mol. The molecule has 0 radical (unpaired) electrons. The number of carbonyl (C=O) groups is 1. The predicted octanol–water partition coefficient (Wildman–Crippen LogP) is 2.99. The summed E-state index contributed by atoms with van der Waals surface area (Å²) in [4.78, 5) is 31.1. The number of amides is 1. The summed E-state index contributed by atoms with van der Waals surface area (Å²) in [5.74, 6) is 0.676. The fraction of sp³-hybridized carbons (Fsp3) is 0.235. The molecule has 1 aromatic carbocycles. The lowest BCUT2D eigenvalue weighted by Gasteiger charge is -2.11. The van der Waals surface area contributed by atoms with Gasteiger partial charge in [-0.05, 0) is 29.1 Å². The van der Waals surface area contributed by atoms with E-state index in [1.54, 1.807) is 30.6 Å². The lowest BCUT2D eigenvalue weighted by molar-refractivity contribution is 0.0827. The second kappa shape index (κ2) is 6.78. The average Bonchev–Trinajstić information content (AvgIpc) is 3.05. The largest absolute Gasteiger partial charge is 0.345 e. The average molecular weight is 359 g/mol. The topological polar surface area (TPSA) is 55.2 Å². The number of hydrogen-bond donors (Lipinski definition) is 0. The number of fused-ring (bicyclic) bond motifs is 1. The van der Waals surface area contributed by atoms with Crippen molar-refractivity contribution in [3.8, 4) is 0 Å². The molecule has 0 atom stereocenters. The number of rotatable bonds is 4. The second-order valence-corrected chi connectivity index (χ2v) is 7.42. The van der Waals surface area contributed by atoms with Crippen LogP contribution in [0.15, 0.2) is 45.7 Å². The summed E-state index contributed by atoms with van der Waals surface area (Å²) in [7, 11) is 5.21. The van der Waals surface area contributed by atoms with Gasteiger partial charge in [0.15, 0.2) is 5.16 Å². The van der Waals surface area contributed by atoms with Crippen LogP contribution in [0.25, 0.3) is 10.2 Å². The molecule has 124 valence electrons. The highest BCUT2D eigenvalue weighted by Gasteiger charge is 2.11. The summed E-state index contributed by atoms with van der Waals surface area (Å²) in [6.07, 6.45) is 0. The van der Waals surface area contributed by atoms with Crippen LogP contribution in [0.2, 0.25) is 0 Å². The molecular formula is C17H17N3O2S2. The first-order valence-corrected chi connectivity index (χ1v) is 9.21. The minimum absolute atomic E-state index is 0.0126. The van der Waals surface area contributed by atoms with Gasteiger partial charge in [-0.25, -0.2) is 4.98 Å². The van der Waals surface area contributed by atoms with Crippen LogP contribution in [0.4, 0.5) is 0 Å². The molecule has 0 aliphatic carbocycles. The van der Waals surface area contributed by atoms with Crippen molar-refractivity contribution in [3.63, 3.8) is 0 Å². The van der Waals surface area contributed by atoms with Crippen molar-refractivity contribution >= 4 is 39.2 Å². The van der Waals surface area contributed by atoms with E-state index in [0.717, 1.165) is 10.4 Å². The number of thiophene rings is 1. The first kappa shape index (κ1) is 16.7. The summed E-state index contributed by atoms with van der Waals surface area (Å²) in [6.45, 7) is 0. The van der Waals surface area contributed by atoms with Gasteiger partial charge in [0.05, 0.1) is 5.39 Å². The van der Waals surface area contributed by atoms with Crippen LogP contribution < -0.4 is 5.56 Å². The molecule has 3 rings (SSSR count). The molecule has 0 fully saturated rings. The van der Waals surface area contributed by atoms with E-state index in [4.69, 9.17) is 0 Å². The van der Waals surface area contributed by atoms with Crippen LogP contribution in [0, 0.1) is 0 Å². The molecule has 2 aromatic heterocycles. The zero-order valence-corrected chi connectivity index (χ0v) is 15.3. The Morgan fingerprint density at radius 3 is 2.62 bits per heavy atom. The van der Waals surface area contributed by atoms with E-state index in [1.807, 2.05) is 35.7 Å². The van der Waals surface area contributed by atoms with Gasteiger partial charge in [0.2, 0.25) is 0 Å². The molecule has 2 heterocycles. The lowest BCUT2D eigenvalue weighted by atomic mass is 10.1. The number of benzene rings is 1. The molecule has 0 saturated heterocycles. The van der Waals surface area contributed by atoms with E-state index in [1.165, 1.54) is 23.1 Å². The van der Waals surface area contributed by atoms with Crippen molar-refractivity contribution in [2.45, 2.75) is 10.9 Å². The first-order valence-electron chi connectivity index (χ1n) is 7.35. The van der Waals surface area contributed by atoms with Gasteiger partial charge >= 0.3 is 0 Å². The third-order valence-electron chi connectivity index (χ3n) is 3.64. The van der Waals surface area contributed by atoms with Crippen LogP contribution in [0.5, 0.6) is 0 Å². The predicted molar refractivity (Wildman–Crippen MR) is 98.9 cm³/mol. The molecule has 7 heteroatoms. The first-order chi connectivity index (χ1) is 11.5. The van der Waals surface area contributed by atoms with Gasteiger partial charge in [-0.15, -0.1) is 11.3 Å². The van der Waals surface area contributed by atoms with Gasteiger partial charge in [-0.2, -0.15) is 0 Å². The quantitative estimate of drug-likeness (QED) is 0.531. The highest BCUT2D eigenvalue weighted by Crippen LogP contribution is 2.23. The highest BCUT2D eigenvalue weighted by molar-refractivity contribution is 7.98. The van der Waals surface area contributed by atoms with E-state index in [-0.39, 0.29) is 11.5 Å². The van der Waals surface area contributed by atoms with Crippen molar-refractivity contribution in [1.82, 2.24) is 14.5 Å². The lowest BCUT2D eigenvalue weighted by Crippen LogP contribution is -2.21. The number of carbonyl (C=O) groups excluding carboxylic acids is 1. The third kappa shape index (κ3) is 3.22. The van der Waals surface area contributed by atoms with Crippen molar-refractivity contribution < 1.29 is 4.79 Å². The highest BCUT2D eigenvalue weighted by atomic mass is 32.2. The minimum Gasteiger partial charge on any atom is -0.345 e. The Labute approximate surface area is 147 Å². The van der Waals surface area contributed by atoms with E-state index < -0.39 is 0 Å². The van der Waals surface area contributed by atoms with Gasteiger partial charge < -0.3 is 4.90 Å². The van der Waals surface area contributed by atoms with E-state index in [9.17, 15) is 9.59 Å². The van der Waals surface area contributed by atoms with Crippen molar-refractivity contribution in [3.05, 3.63) is 57.2 Å². The Hall–Kier alpha value is -2.12. The van der Waals surface area contributed by atoms with Gasteiger partial charge in [0.1, 0.15) is 4.83 Å². The summed E-state index contributed by atoms with van der Waals surface area (Å²) in [5.41, 5.74) is 1.73. The van der Waals surface area contributed by atoms with Crippen LogP contribution in [-0.2, 0) is 12.8 Å². The van der Waals surface area contributed by atoms with E-state index in [0.29, 0.717) is 21.9 Å². The molecule has 0 bridgehead atoms. The number of thioether (sulfide) groups is 1. The van der Waals surface area contributed by atoms with Crippen LogP contribution >= 0.6 is 23.1 Å². The normalized spacial score (nSPS) is 11.0. The zero-order valence-electron chi connectivity index (χ0n) is 13.6. The number of nitrogens with zero attached hydrogens (tertiary/aromatic N) is 3. The Morgan fingerprint density at radius 1 is 1.25 bits per heavy atom. The number of aromatic nitrogens is 2. The molecule has 0 saturated carbocycles. The third-order valence-corrected chi connectivity index (χ3v) is 5.55. The summed E-state index contributed by atoms with van der Waals surface area (Å²) < 4.78 is 1.59. The molecular weight excluding hydrogens is 342 g/mol. The molecule has 24 heavy (non-hydrogen) atoms. The Morgan fingerprint density at radius 2 is 1.96 bits per heavy atom. The zero-order chi connectivity index (χ0) is 17.3. The summed E-state index contributed by atoms with van der Waals surface area (Å²) in [5, 5.41) is 3.25. The molecule has 0 spiro atoms. The van der Waals surface area contributed by atoms with Gasteiger partial charge in [-0.1, -0.05) is 23.9 Å². The SMILES string of the molecule is CN(C)C(=O)c1ccc(CSc2nc3sccc3c(=O)n2C)cc1.